The fourth-order valence-corrected chi connectivity index (χ4v) is 5.26. The number of benzene rings is 2. The van der Waals surface area contributed by atoms with E-state index in [0.717, 1.165) is 44.3 Å². The van der Waals surface area contributed by atoms with Crippen LogP contribution in [0.15, 0.2) is 48.5 Å². The zero-order valence-corrected chi connectivity index (χ0v) is 20.2. The van der Waals surface area contributed by atoms with Crippen molar-refractivity contribution in [3.63, 3.8) is 0 Å². The maximum atomic E-state index is 12.7. The molecule has 4 nitrogen and oxygen atoms in total. The van der Waals surface area contributed by atoms with Crippen LogP contribution in [0.1, 0.15) is 43.2 Å². The van der Waals surface area contributed by atoms with E-state index in [-0.39, 0.29) is 0 Å². The van der Waals surface area contributed by atoms with E-state index in [0.29, 0.717) is 23.8 Å². The van der Waals surface area contributed by atoms with Crippen molar-refractivity contribution in [3.05, 3.63) is 64.7 Å². The third-order valence-electron chi connectivity index (χ3n) is 6.65. The summed E-state index contributed by atoms with van der Waals surface area (Å²) in [5.41, 5.74) is 0.567. The van der Waals surface area contributed by atoms with Crippen molar-refractivity contribution in [2.24, 2.45) is 0 Å². The monoisotopic (exact) mass is 444 g/mol. The van der Waals surface area contributed by atoms with Crippen molar-refractivity contribution < 1.29 is 9.84 Å². The summed E-state index contributed by atoms with van der Waals surface area (Å²) in [5, 5.41) is 13.3. The lowest BCUT2D eigenvalue weighted by Gasteiger charge is -2.48. The summed E-state index contributed by atoms with van der Waals surface area (Å²) in [4.78, 5) is 4.39. The van der Waals surface area contributed by atoms with Gasteiger partial charge in [-0.3, -0.25) is 0 Å². The molecule has 1 heterocycles. The van der Waals surface area contributed by atoms with E-state index in [1.54, 1.807) is 0 Å². The summed E-state index contributed by atoms with van der Waals surface area (Å²) < 4.78 is 6.19. The predicted octanol–water partition coefficient (Wildman–Crippen LogP) is 4.93. The van der Waals surface area contributed by atoms with Gasteiger partial charge in [0.05, 0.1) is 6.61 Å². The highest BCUT2D eigenvalue weighted by Crippen LogP contribution is 2.54. The fraction of sp³-hybridized carbons (Fsp3) is 0.538. The zero-order valence-electron chi connectivity index (χ0n) is 19.4. The molecule has 1 N–H and O–H groups in total. The van der Waals surface area contributed by atoms with Crippen molar-refractivity contribution in [3.8, 4) is 5.75 Å². The Kier molecular flexibility index (Phi) is 8.03. The van der Waals surface area contributed by atoms with E-state index in [4.69, 9.17) is 16.3 Å². The lowest BCUT2D eigenvalue weighted by atomic mass is 9.59. The summed E-state index contributed by atoms with van der Waals surface area (Å²) in [6, 6.07) is 16.3. The maximum Gasteiger partial charge on any atom is 0.126 e. The minimum atomic E-state index is -1.05. The number of hydrogen-bond acceptors (Lipinski definition) is 4. The van der Waals surface area contributed by atoms with Crippen LogP contribution in [0.5, 0.6) is 5.75 Å². The molecule has 0 aliphatic carbocycles. The van der Waals surface area contributed by atoms with Crippen LogP contribution in [0.2, 0.25) is 5.02 Å². The lowest BCUT2D eigenvalue weighted by Crippen LogP contribution is -2.50. The first-order chi connectivity index (χ1) is 14.8. The molecular weight excluding hydrogens is 408 g/mol. The van der Waals surface area contributed by atoms with Crippen molar-refractivity contribution >= 4 is 11.6 Å². The first-order valence-corrected chi connectivity index (χ1v) is 11.7. The van der Waals surface area contributed by atoms with E-state index >= 15 is 0 Å². The molecule has 0 saturated heterocycles. The highest BCUT2D eigenvalue weighted by molar-refractivity contribution is 6.30. The van der Waals surface area contributed by atoms with E-state index in [1.807, 2.05) is 24.3 Å². The molecule has 5 heteroatoms. The number of nitrogens with zero attached hydrogens (tertiary/aromatic N) is 2. The van der Waals surface area contributed by atoms with Crippen LogP contribution in [0.4, 0.5) is 0 Å². The van der Waals surface area contributed by atoms with Gasteiger partial charge in [-0.2, -0.15) is 0 Å². The Morgan fingerprint density at radius 1 is 0.935 bits per heavy atom. The van der Waals surface area contributed by atoms with Gasteiger partial charge in [-0.1, -0.05) is 48.0 Å². The summed E-state index contributed by atoms with van der Waals surface area (Å²) >= 11 is 6.30. The van der Waals surface area contributed by atoms with E-state index < -0.39 is 11.0 Å². The molecule has 0 aromatic heterocycles. The van der Waals surface area contributed by atoms with Crippen molar-refractivity contribution in [2.75, 3.05) is 47.9 Å². The molecular formula is C26H37ClN2O2. The number of rotatable bonds is 9. The van der Waals surface area contributed by atoms with Crippen molar-refractivity contribution in [2.45, 2.75) is 43.1 Å². The standard InChI is InChI=1S/C26H37ClN2O2/c1-28(2)17-8-14-25(21-10-6-5-7-11-21)16-19-31-24-20-22(27)12-13-23(24)26(25,30)15-9-18-29(3)4/h5-7,10-13,20,30H,8-9,14-19H2,1-4H3. The molecule has 1 aliphatic rings. The number of ether oxygens (including phenoxy) is 1. The van der Waals surface area contributed by atoms with Crippen LogP contribution in [-0.2, 0) is 11.0 Å². The molecule has 0 bridgehead atoms. The largest absolute Gasteiger partial charge is 0.493 e. The van der Waals surface area contributed by atoms with Gasteiger partial charge >= 0.3 is 0 Å². The van der Waals surface area contributed by atoms with Gasteiger partial charge in [0.15, 0.2) is 0 Å². The molecule has 0 amide bonds. The number of hydrogen-bond donors (Lipinski definition) is 1. The molecule has 2 aromatic carbocycles. The Morgan fingerprint density at radius 3 is 2.23 bits per heavy atom. The van der Waals surface area contributed by atoms with E-state index in [2.05, 4.69) is 62.3 Å². The molecule has 1 aliphatic heterocycles. The Morgan fingerprint density at radius 2 is 1.58 bits per heavy atom. The maximum absolute atomic E-state index is 12.7. The van der Waals surface area contributed by atoms with Gasteiger partial charge in [-0.05, 0) is 91.1 Å². The molecule has 0 spiro atoms. The van der Waals surface area contributed by atoms with E-state index in [1.165, 1.54) is 5.56 Å². The molecule has 0 fully saturated rings. The second kappa shape index (κ2) is 10.4. The van der Waals surface area contributed by atoms with E-state index in [9.17, 15) is 5.11 Å². The fourth-order valence-electron chi connectivity index (χ4n) is 5.10. The number of halogens is 1. The first-order valence-electron chi connectivity index (χ1n) is 11.3. The van der Waals surface area contributed by atoms with Gasteiger partial charge in [0.25, 0.3) is 0 Å². The molecule has 170 valence electrons. The summed E-state index contributed by atoms with van der Waals surface area (Å²) in [7, 11) is 8.36. The molecule has 2 atom stereocenters. The Balaban J connectivity index is 2.14. The SMILES string of the molecule is CN(C)CCCC1(O)c2ccc(Cl)cc2OCCC1(CCCN(C)C)c1ccccc1. The first kappa shape index (κ1) is 24.1. The van der Waals surface area contributed by atoms with Gasteiger partial charge in [-0.15, -0.1) is 0 Å². The minimum Gasteiger partial charge on any atom is -0.493 e. The Hall–Kier alpha value is -1.59. The van der Waals surface area contributed by atoms with Crippen molar-refractivity contribution in [1.29, 1.82) is 0 Å². The molecule has 0 radical (unpaired) electrons. The smallest absolute Gasteiger partial charge is 0.126 e. The lowest BCUT2D eigenvalue weighted by molar-refractivity contribution is -0.0639. The third-order valence-corrected chi connectivity index (χ3v) is 6.88. The molecule has 2 aromatic rings. The summed E-state index contributed by atoms with van der Waals surface area (Å²) in [6.45, 7) is 2.46. The molecule has 2 unspecified atom stereocenters. The van der Waals surface area contributed by atoms with Gasteiger partial charge in [-0.25, -0.2) is 0 Å². The normalized spacial score (nSPS) is 23.5. The average Bonchev–Trinajstić information content (AvgIpc) is 2.83. The molecule has 3 rings (SSSR count). The van der Waals surface area contributed by atoms with Gasteiger partial charge in [0.1, 0.15) is 11.4 Å². The molecule has 31 heavy (non-hydrogen) atoms. The van der Waals surface area contributed by atoms with Crippen LogP contribution in [-0.4, -0.2) is 62.8 Å². The van der Waals surface area contributed by atoms with Crippen molar-refractivity contribution in [1.82, 2.24) is 9.80 Å². The van der Waals surface area contributed by atoms with Crippen LogP contribution in [0, 0.1) is 0 Å². The summed E-state index contributed by atoms with van der Waals surface area (Å²) in [5.74, 6) is 0.713. The minimum absolute atomic E-state index is 0.435. The van der Waals surface area contributed by atoms with Gasteiger partial charge in [0.2, 0.25) is 0 Å². The number of fused-ring (bicyclic) bond motifs is 1. The second-order valence-electron chi connectivity index (χ2n) is 9.36. The van der Waals surface area contributed by atoms with Crippen LogP contribution in [0.3, 0.4) is 0 Å². The highest BCUT2D eigenvalue weighted by Gasteiger charge is 2.53. The van der Waals surface area contributed by atoms with Gasteiger partial charge < -0.3 is 19.6 Å². The van der Waals surface area contributed by atoms with Crippen LogP contribution >= 0.6 is 11.6 Å². The third kappa shape index (κ3) is 5.25. The van der Waals surface area contributed by atoms with Gasteiger partial charge in [0, 0.05) is 16.0 Å². The van der Waals surface area contributed by atoms with Crippen LogP contribution in [0.25, 0.3) is 0 Å². The Labute approximate surface area is 192 Å². The highest BCUT2D eigenvalue weighted by atomic mass is 35.5. The van der Waals surface area contributed by atoms with Crippen LogP contribution < -0.4 is 4.74 Å². The average molecular weight is 445 g/mol. The second-order valence-corrected chi connectivity index (χ2v) is 9.80. The summed E-state index contributed by atoms with van der Waals surface area (Å²) in [6.07, 6.45) is 4.21. The zero-order chi connectivity index (χ0) is 22.5. The number of aliphatic hydroxyl groups is 1. The predicted molar refractivity (Wildman–Crippen MR) is 129 cm³/mol. The topological polar surface area (TPSA) is 35.9 Å². The molecule has 0 saturated carbocycles. The Bertz CT molecular complexity index is 843. The quantitative estimate of drug-likeness (QED) is 0.594.